The molecule has 0 spiro atoms. The van der Waals surface area contributed by atoms with Crippen molar-refractivity contribution < 1.29 is 24.0 Å². The van der Waals surface area contributed by atoms with Gasteiger partial charge in [0.15, 0.2) is 0 Å². The van der Waals surface area contributed by atoms with Crippen LogP contribution in [0.1, 0.15) is 17.6 Å². The number of rotatable bonds is 5. The van der Waals surface area contributed by atoms with Crippen LogP contribution in [0, 0.1) is 0 Å². The summed E-state index contributed by atoms with van der Waals surface area (Å²) in [6.45, 7) is 0.422. The second kappa shape index (κ2) is 8.79. The minimum atomic E-state index is -4.30. The average molecular weight is 331 g/mol. The van der Waals surface area contributed by atoms with E-state index in [0.717, 1.165) is 5.06 Å². The molecule has 1 amide bonds. The van der Waals surface area contributed by atoms with Crippen molar-refractivity contribution in [2.75, 3.05) is 13.2 Å². The van der Waals surface area contributed by atoms with Crippen LogP contribution in [0.15, 0.2) is 42.5 Å². The van der Waals surface area contributed by atoms with E-state index in [4.69, 9.17) is 4.84 Å². The van der Waals surface area contributed by atoms with Crippen LogP contribution in [0.2, 0.25) is 0 Å². The molecule has 1 aliphatic heterocycles. The fourth-order valence-corrected chi connectivity index (χ4v) is 3.06. The molecular weight excluding hydrogens is 309 g/mol. The zero-order chi connectivity index (χ0) is 14.6. The highest BCUT2D eigenvalue weighted by atomic mass is 31.2. The summed E-state index contributed by atoms with van der Waals surface area (Å²) in [7, 11) is -4.30. The van der Waals surface area contributed by atoms with Crippen LogP contribution in [-0.2, 0) is 14.2 Å². The third-order valence-electron chi connectivity index (χ3n) is 3.03. The van der Waals surface area contributed by atoms with E-state index >= 15 is 0 Å². The smallest absolute Gasteiger partial charge is 0.333 e. The van der Waals surface area contributed by atoms with Gasteiger partial charge in [0.25, 0.3) is 5.91 Å². The first kappa shape index (κ1) is 20.5. The monoisotopic (exact) mass is 331 g/mol. The summed E-state index contributed by atoms with van der Waals surface area (Å²) in [4.78, 5) is 35.6. The third-order valence-corrected chi connectivity index (χ3v) is 4.40. The Balaban J connectivity index is 0.00000220. The van der Waals surface area contributed by atoms with Crippen molar-refractivity contribution in [1.29, 1.82) is 0 Å². The largest absolute Gasteiger partial charge is 0.344 e. The topological polar surface area (TPSA) is 157 Å². The van der Waals surface area contributed by atoms with Crippen molar-refractivity contribution in [2.24, 2.45) is 0 Å². The molecule has 1 unspecified atom stereocenters. The number of nitrogens with zero attached hydrogens (tertiary/aromatic N) is 1. The molecule has 22 heavy (non-hydrogen) atoms. The minimum Gasteiger partial charge on any atom is -0.344 e. The lowest BCUT2D eigenvalue weighted by Crippen LogP contribution is -2.34. The highest BCUT2D eigenvalue weighted by Crippen LogP contribution is 2.53. The highest BCUT2D eigenvalue weighted by molar-refractivity contribution is 7.52. The summed E-state index contributed by atoms with van der Waals surface area (Å²) in [5, 5.41) is 1.13. The molecule has 0 saturated carbocycles. The van der Waals surface area contributed by atoms with E-state index < -0.39 is 13.3 Å². The average Bonchev–Trinajstić information content (AvgIpc) is 2.41. The van der Waals surface area contributed by atoms with Crippen LogP contribution >= 0.6 is 7.60 Å². The fourth-order valence-electron chi connectivity index (χ4n) is 2.05. The van der Waals surface area contributed by atoms with Crippen LogP contribution in [0.4, 0.5) is 0 Å². The van der Waals surface area contributed by atoms with Gasteiger partial charge in [-0.05, 0) is 12.0 Å². The van der Waals surface area contributed by atoms with Crippen LogP contribution in [0.5, 0.6) is 0 Å². The maximum absolute atomic E-state index is 11.6. The lowest BCUT2D eigenvalue weighted by Gasteiger charge is -2.25. The molecule has 1 aliphatic rings. The Kier molecular flexibility index (Phi) is 8.18. The van der Waals surface area contributed by atoms with Crippen LogP contribution < -0.4 is 12.3 Å². The van der Waals surface area contributed by atoms with Crippen molar-refractivity contribution >= 4 is 13.5 Å². The maximum Gasteiger partial charge on any atom is 0.333 e. The van der Waals surface area contributed by atoms with E-state index in [1.807, 2.05) is 0 Å². The Morgan fingerprint density at radius 3 is 2.41 bits per heavy atom. The van der Waals surface area contributed by atoms with Crippen LogP contribution in [0.25, 0.3) is 0 Å². The Labute approximate surface area is 129 Å². The van der Waals surface area contributed by atoms with Gasteiger partial charge in [-0.3, -0.25) is 14.2 Å². The van der Waals surface area contributed by atoms with E-state index in [1.54, 1.807) is 36.4 Å². The fraction of sp³-hybridized carbons (Fsp3) is 0.308. The highest BCUT2D eigenvalue weighted by Gasteiger charge is 2.31. The van der Waals surface area contributed by atoms with Crippen molar-refractivity contribution in [3.05, 3.63) is 48.0 Å². The molecule has 9 heteroatoms. The normalized spacial score (nSPS) is 15.7. The van der Waals surface area contributed by atoms with Crippen molar-refractivity contribution in [3.63, 3.8) is 0 Å². The molecule has 1 heterocycles. The van der Waals surface area contributed by atoms with Gasteiger partial charge in [0.2, 0.25) is 0 Å². The Morgan fingerprint density at radius 2 is 1.86 bits per heavy atom. The zero-order valence-corrected chi connectivity index (χ0v) is 13.1. The van der Waals surface area contributed by atoms with E-state index in [-0.39, 0.29) is 37.8 Å². The first-order chi connectivity index (χ1) is 9.48. The summed E-state index contributed by atoms with van der Waals surface area (Å²) >= 11 is 0. The quantitative estimate of drug-likeness (QED) is 0.600. The second-order valence-electron chi connectivity index (χ2n) is 4.44. The molecule has 1 aromatic carbocycles. The summed E-state index contributed by atoms with van der Waals surface area (Å²) < 4.78 is 11.6. The van der Waals surface area contributed by atoms with Crippen LogP contribution in [0.3, 0.4) is 0 Å². The van der Waals surface area contributed by atoms with Gasteiger partial charge in [-0.1, -0.05) is 36.4 Å². The second-order valence-corrected chi connectivity index (χ2v) is 6.24. The molecule has 8 N–H and O–H groups in total. The molecule has 0 aliphatic carbocycles. The number of hydroxylamine groups is 2. The van der Waals surface area contributed by atoms with Gasteiger partial charge in [0.05, 0.1) is 18.8 Å². The lowest BCUT2D eigenvalue weighted by atomic mass is 10.1. The molecule has 0 aromatic heterocycles. The number of carbonyl (C=O) groups is 1. The molecule has 0 radical (unpaired) electrons. The molecule has 0 saturated heterocycles. The summed E-state index contributed by atoms with van der Waals surface area (Å²) in [6.07, 6.45) is 3.11. The molecule has 2 rings (SSSR count). The molecular formula is C13H22N3O5P. The molecule has 1 atom stereocenters. The van der Waals surface area contributed by atoms with Gasteiger partial charge in [0.1, 0.15) is 0 Å². The van der Waals surface area contributed by atoms with E-state index in [9.17, 15) is 19.1 Å². The van der Waals surface area contributed by atoms with E-state index in [2.05, 4.69) is 0 Å². The van der Waals surface area contributed by atoms with Gasteiger partial charge in [-0.2, -0.15) is 0 Å². The lowest BCUT2D eigenvalue weighted by molar-refractivity contribution is -0.180. The third kappa shape index (κ3) is 5.34. The van der Waals surface area contributed by atoms with E-state index in [0.29, 0.717) is 5.56 Å². The van der Waals surface area contributed by atoms with Gasteiger partial charge in [0, 0.05) is 6.08 Å². The van der Waals surface area contributed by atoms with Crippen LogP contribution in [-0.4, -0.2) is 33.9 Å². The number of hydrogen-bond acceptors (Lipinski definition) is 5. The number of hydrogen-bond donors (Lipinski definition) is 4. The zero-order valence-electron chi connectivity index (χ0n) is 12.2. The van der Waals surface area contributed by atoms with Gasteiger partial charge >= 0.3 is 7.60 Å². The predicted molar refractivity (Wildman–Crippen MR) is 82.7 cm³/mol. The predicted octanol–water partition coefficient (Wildman–Crippen LogP) is 1.95. The molecule has 1 aromatic rings. The first-order valence-electron chi connectivity index (χ1n) is 6.19. The molecule has 8 nitrogen and oxygen atoms in total. The van der Waals surface area contributed by atoms with Gasteiger partial charge < -0.3 is 22.1 Å². The first-order valence-corrected chi connectivity index (χ1v) is 7.88. The Hall–Kier alpha value is -1.54. The summed E-state index contributed by atoms with van der Waals surface area (Å²) in [5.41, 5.74) is -0.383. The molecule has 124 valence electrons. The standard InChI is InChI=1S/C13H16NO5P.2H3N/c15-13-7-4-10-19-14(13)9-8-12(20(16,17)18)11-5-2-1-3-6-11;;/h1-7,12H,8-10H2,(H2,16,17,18);2*1H3. The summed E-state index contributed by atoms with van der Waals surface area (Å²) in [5.74, 6) is -0.311. The Morgan fingerprint density at radius 1 is 1.23 bits per heavy atom. The van der Waals surface area contributed by atoms with Crippen molar-refractivity contribution in [3.8, 4) is 0 Å². The number of amides is 1. The number of carbonyl (C=O) groups excluding carboxylic acids is 1. The van der Waals surface area contributed by atoms with Gasteiger partial charge in [-0.15, -0.1) is 0 Å². The summed E-state index contributed by atoms with van der Waals surface area (Å²) in [6, 6.07) is 8.57. The van der Waals surface area contributed by atoms with Gasteiger partial charge in [-0.25, -0.2) is 5.06 Å². The molecule has 0 fully saturated rings. The number of benzene rings is 1. The van der Waals surface area contributed by atoms with Crippen molar-refractivity contribution in [1.82, 2.24) is 17.4 Å². The SMILES string of the molecule is N.N.O=C1C=CCON1CCC(c1ccccc1)P(=O)(O)O. The Bertz CT molecular complexity index is 546. The molecule has 0 bridgehead atoms. The van der Waals surface area contributed by atoms with Crippen molar-refractivity contribution in [2.45, 2.75) is 12.1 Å². The maximum atomic E-state index is 11.6. The van der Waals surface area contributed by atoms with E-state index in [1.165, 1.54) is 6.08 Å². The minimum absolute atomic E-state index is 0.